The summed E-state index contributed by atoms with van der Waals surface area (Å²) in [7, 11) is 1.67. The van der Waals surface area contributed by atoms with E-state index in [-0.39, 0.29) is 0 Å². The molecule has 0 amide bonds. The zero-order valence-electron chi connectivity index (χ0n) is 11.0. The van der Waals surface area contributed by atoms with Crippen LogP contribution in [0.2, 0.25) is 0 Å². The van der Waals surface area contributed by atoms with Crippen molar-refractivity contribution < 1.29 is 9.47 Å². The van der Waals surface area contributed by atoms with E-state index in [0.29, 0.717) is 5.92 Å². The molecule has 0 aliphatic heterocycles. The predicted octanol–water partition coefficient (Wildman–Crippen LogP) is 3.85. The second kappa shape index (κ2) is 7.00. The van der Waals surface area contributed by atoms with Crippen LogP contribution in [0.5, 0.6) is 11.5 Å². The van der Waals surface area contributed by atoms with Crippen LogP contribution in [0.4, 0.5) is 0 Å². The molecule has 1 aromatic rings. The highest BCUT2D eigenvalue weighted by Crippen LogP contribution is 2.25. The highest BCUT2D eigenvalue weighted by atomic mass is 16.5. The van der Waals surface area contributed by atoms with Crippen LogP contribution in [-0.4, -0.2) is 13.7 Å². The van der Waals surface area contributed by atoms with Gasteiger partial charge in [-0.15, -0.1) is 6.58 Å². The number of ether oxygens (including phenoxy) is 2. The molecule has 0 unspecified atom stereocenters. The summed E-state index contributed by atoms with van der Waals surface area (Å²) in [6.07, 6.45) is 3.77. The van der Waals surface area contributed by atoms with E-state index in [4.69, 9.17) is 9.47 Å². The summed E-state index contributed by atoms with van der Waals surface area (Å²) >= 11 is 0. The molecule has 2 heteroatoms. The van der Waals surface area contributed by atoms with Gasteiger partial charge in [-0.3, -0.25) is 0 Å². The van der Waals surface area contributed by atoms with Crippen molar-refractivity contribution in [3.05, 3.63) is 36.4 Å². The smallest absolute Gasteiger partial charge is 0.126 e. The summed E-state index contributed by atoms with van der Waals surface area (Å²) in [4.78, 5) is 0. The van der Waals surface area contributed by atoms with Crippen molar-refractivity contribution in [3.8, 4) is 11.5 Å². The maximum Gasteiger partial charge on any atom is 0.126 e. The zero-order chi connectivity index (χ0) is 12.7. The van der Waals surface area contributed by atoms with Crippen molar-refractivity contribution in [2.45, 2.75) is 26.7 Å². The monoisotopic (exact) mass is 234 g/mol. The largest absolute Gasteiger partial charge is 0.497 e. The van der Waals surface area contributed by atoms with Gasteiger partial charge in [0.2, 0.25) is 0 Å². The first-order chi connectivity index (χ1) is 8.17. The van der Waals surface area contributed by atoms with Crippen molar-refractivity contribution in [2.24, 2.45) is 5.92 Å². The molecule has 1 aromatic carbocycles. The van der Waals surface area contributed by atoms with Crippen LogP contribution in [0.1, 0.15) is 25.8 Å². The second-order valence-corrected chi connectivity index (χ2v) is 4.50. The normalized spacial score (nSPS) is 10.4. The van der Waals surface area contributed by atoms with E-state index in [9.17, 15) is 0 Å². The highest BCUT2D eigenvalue weighted by molar-refractivity contribution is 5.41. The lowest BCUT2D eigenvalue weighted by molar-refractivity contribution is 0.285. The molecule has 0 spiro atoms. The van der Waals surface area contributed by atoms with Gasteiger partial charge in [0, 0.05) is 6.07 Å². The fourth-order valence-corrected chi connectivity index (χ4v) is 1.52. The fourth-order valence-electron chi connectivity index (χ4n) is 1.52. The molecule has 0 fully saturated rings. The molecule has 0 radical (unpaired) electrons. The molecule has 2 nitrogen and oxygen atoms in total. The van der Waals surface area contributed by atoms with Crippen LogP contribution >= 0.6 is 0 Å². The predicted molar refractivity (Wildman–Crippen MR) is 71.8 cm³/mol. The molecule has 0 N–H and O–H groups in total. The van der Waals surface area contributed by atoms with Crippen molar-refractivity contribution in [1.82, 2.24) is 0 Å². The van der Waals surface area contributed by atoms with E-state index >= 15 is 0 Å². The van der Waals surface area contributed by atoms with Crippen molar-refractivity contribution >= 4 is 0 Å². The van der Waals surface area contributed by atoms with Gasteiger partial charge in [-0.05, 0) is 30.4 Å². The van der Waals surface area contributed by atoms with Crippen LogP contribution in [0, 0.1) is 5.92 Å². The van der Waals surface area contributed by atoms with Gasteiger partial charge in [-0.2, -0.15) is 0 Å². The second-order valence-electron chi connectivity index (χ2n) is 4.50. The molecule has 0 heterocycles. The van der Waals surface area contributed by atoms with E-state index in [1.54, 1.807) is 7.11 Å². The molecule has 0 aliphatic carbocycles. The Morgan fingerprint density at radius 1 is 1.35 bits per heavy atom. The highest BCUT2D eigenvalue weighted by Gasteiger charge is 2.05. The van der Waals surface area contributed by atoms with Gasteiger partial charge in [0.05, 0.1) is 13.7 Å². The molecule has 0 aliphatic rings. The first-order valence-electron chi connectivity index (χ1n) is 6.08. The molecule has 0 saturated carbocycles. The van der Waals surface area contributed by atoms with Gasteiger partial charge in [0.25, 0.3) is 0 Å². The summed E-state index contributed by atoms with van der Waals surface area (Å²) in [5.41, 5.74) is 1.16. The summed E-state index contributed by atoms with van der Waals surface area (Å²) < 4.78 is 11.0. The number of allylic oxidation sites excluding steroid dienone is 1. The quantitative estimate of drug-likeness (QED) is 0.667. The molecule has 94 valence electrons. The van der Waals surface area contributed by atoms with Gasteiger partial charge in [-0.1, -0.05) is 26.0 Å². The molecule has 0 saturated heterocycles. The third-order valence-corrected chi connectivity index (χ3v) is 2.59. The van der Waals surface area contributed by atoms with Crippen LogP contribution in [-0.2, 0) is 6.42 Å². The Kier molecular flexibility index (Phi) is 5.61. The fraction of sp³-hybridized carbons (Fsp3) is 0.467. The lowest BCUT2D eigenvalue weighted by Crippen LogP contribution is -2.03. The first-order valence-corrected chi connectivity index (χ1v) is 6.08. The van der Waals surface area contributed by atoms with Crippen LogP contribution in [0.3, 0.4) is 0 Å². The van der Waals surface area contributed by atoms with Crippen LogP contribution in [0.25, 0.3) is 0 Å². The average Bonchev–Trinajstić information content (AvgIpc) is 2.31. The summed E-state index contributed by atoms with van der Waals surface area (Å²) in [6.45, 7) is 8.89. The van der Waals surface area contributed by atoms with Gasteiger partial charge < -0.3 is 9.47 Å². The van der Waals surface area contributed by atoms with E-state index in [1.165, 1.54) is 0 Å². The molecule has 0 atom stereocenters. The minimum atomic E-state index is 0.656. The minimum Gasteiger partial charge on any atom is -0.497 e. The number of benzene rings is 1. The average molecular weight is 234 g/mol. The third kappa shape index (κ3) is 4.51. The maximum absolute atomic E-state index is 5.82. The van der Waals surface area contributed by atoms with Gasteiger partial charge in [0.1, 0.15) is 11.5 Å². The first kappa shape index (κ1) is 13.6. The number of methoxy groups -OCH3 is 1. The Hall–Kier alpha value is -1.44. The van der Waals surface area contributed by atoms with E-state index in [2.05, 4.69) is 20.4 Å². The van der Waals surface area contributed by atoms with Gasteiger partial charge in [0.15, 0.2) is 0 Å². The molecular formula is C15H22O2. The molecule has 0 bridgehead atoms. The topological polar surface area (TPSA) is 18.5 Å². The Morgan fingerprint density at radius 2 is 2.12 bits per heavy atom. The number of hydrogen-bond acceptors (Lipinski definition) is 2. The number of hydrogen-bond donors (Lipinski definition) is 0. The zero-order valence-corrected chi connectivity index (χ0v) is 11.0. The van der Waals surface area contributed by atoms with Crippen molar-refractivity contribution in [1.29, 1.82) is 0 Å². The summed E-state index contributed by atoms with van der Waals surface area (Å²) in [5.74, 6) is 2.39. The van der Waals surface area contributed by atoms with Gasteiger partial charge in [-0.25, -0.2) is 0 Å². The molecule has 0 aromatic heterocycles. The number of rotatable bonds is 7. The molecular weight excluding hydrogens is 212 g/mol. The standard InChI is InChI=1S/C15H22O2/c1-5-6-13-7-8-14(16-4)11-15(13)17-10-9-12(2)3/h5,7-8,11-12H,1,6,9-10H2,2-4H3. The Labute approximate surface area is 104 Å². The Bertz CT molecular complexity index is 356. The van der Waals surface area contributed by atoms with Crippen LogP contribution in [0.15, 0.2) is 30.9 Å². The Balaban J connectivity index is 2.73. The van der Waals surface area contributed by atoms with Gasteiger partial charge >= 0.3 is 0 Å². The maximum atomic E-state index is 5.82. The Morgan fingerprint density at radius 3 is 2.71 bits per heavy atom. The van der Waals surface area contributed by atoms with Crippen LogP contribution < -0.4 is 9.47 Å². The minimum absolute atomic E-state index is 0.656. The SMILES string of the molecule is C=CCc1ccc(OC)cc1OCCC(C)C. The van der Waals surface area contributed by atoms with E-state index in [1.807, 2.05) is 24.3 Å². The van der Waals surface area contributed by atoms with E-state index < -0.39 is 0 Å². The molecule has 1 rings (SSSR count). The lowest BCUT2D eigenvalue weighted by Gasteiger charge is -2.13. The lowest BCUT2D eigenvalue weighted by atomic mass is 10.1. The van der Waals surface area contributed by atoms with Crippen molar-refractivity contribution in [2.75, 3.05) is 13.7 Å². The van der Waals surface area contributed by atoms with E-state index in [0.717, 1.165) is 36.5 Å². The summed E-state index contributed by atoms with van der Waals surface area (Å²) in [6, 6.07) is 5.93. The summed E-state index contributed by atoms with van der Waals surface area (Å²) in [5, 5.41) is 0. The van der Waals surface area contributed by atoms with Crippen molar-refractivity contribution in [3.63, 3.8) is 0 Å². The molecule has 17 heavy (non-hydrogen) atoms. The third-order valence-electron chi connectivity index (χ3n) is 2.59.